The summed E-state index contributed by atoms with van der Waals surface area (Å²) in [5, 5.41) is 0. The van der Waals surface area contributed by atoms with Crippen LogP contribution in [0.2, 0.25) is 0 Å². The molecular weight excluding hydrogens is 942 g/mol. The number of rotatable bonds is 51. The largest absolute Gasteiger partial charge is 0.756 e. The van der Waals surface area contributed by atoms with Gasteiger partial charge in [-0.05, 0) is 116 Å². The molecule has 0 bridgehead atoms. The van der Waals surface area contributed by atoms with Crippen molar-refractivity contribution in [3.8, 4) is 0 Å². The second-order valence-electron chi connectivity index (χ2n) is 19.9. The number of nitrogens with zero attached hydrogens (tertiary/aromatic N) is 1. The third-order valence-electron chi connectivity index (χ3n) is 11.7. The standard InChI is InChI=1S/C64H106NO8P/c1-6-8-10-12-14-16-18-20-22-24-25-26-27-28-29-30-31-32-33-34-35-36-37-38-39-41-43-45-47-49-51-53-55-57-64(67)73-62(61-72-74(68,69)71-59-58-65(3,4)5)60-70-63(66)56-54-52-50-48-46-44-42-40-23-21-19-17-15-13-11-9-7-2/h8,10,14,16,20-23,25-26,28-29,31-32,34-35,37-38,41,43,47,49,62H,6-7,9,11-13,15,17-19,24,27,30,33,36,39-40,42,44-46,48,50-61H2,1-5H3/b10-8-,16-14-,22-20-,23-21-,26-25-,29-28-,32-31-,35-34-,38-37-,43-41-,49-47-. The lowest BCUT2D eigenvalue weighted by atomic mass is 10.1. The van der Waals surface area contributed by atoms with E-state index in [1.165, 1.54) is 64.2 Å². The van der Waals surface area contributed by atoms with Crippen LogP contribution in [0.4, 0.5) is 0 Å². The molecule has 0 N–H and O–H groups in total. The Kier molecular flexibility index (Phi) is 51.2. The molecule has 74 heavy (non-hydrogen) atoms. The number of esters is 2. The SMILES string of the molecule is CC/C=C\C/C=C\C/C=C\C/C=C\C/C=C\C/C=C\C/C=C\C/C=C\C/C=C\C/C=C\CCCCC(=O)OC(COC(=O)CCCCCCCCC/C=C\CCCCCCCC)COP(=O)([O-])OCC[N+](C)(C)C. The highest BCUT2D eigenvalue weighted by atomic mass is 31.2. The van der Waals surface area contributed by atoms with E-state index in [9.17, 15) is 19.0 Å². The molecule has 0 amide bonds. The zero-order valence-electron chi connectivity index (χ0n) is 47.5. The lowest BCUT2D eigenvalue weighted by molar-refractivity contribution is -0.870. The molecule has 0 aliphatic rings. The van der Waals surface area contributed by atoms with Crippen molar-refractivity contribution in [2.75, 3.05) is 47.5 Å². The first-order valence-corrected chi connectivity index (χ1v) is 30.4. The van der Waals surface area contributed by atoms with E-state index >= 15 is 0 Å². The first-order valence-electron chi connectivity index (χ1n) is 28.9. The predicted molar refractivity (Wildman–Crippen MR) is 314 cm³/mol. The van der Waals surface area contributed by atoms with Gasteiger partial charge in [-0.1, -0.05) is 212 Å². The topological polar surface area (TPSA) is 111 Å². The van der Waals surface area contributed by atoms with E-state index in [1.807, 2.05) is 21.1 Å². The average Bonchev–Trinajstić information content (AvgIpc) is 3.36. The van der Waals surface area contributed by atoms with Gasteiger partial charge in [0.15, 0.2) is 6.10 Å². The van der Waals surface area contributed by atoms with E-state index in [1.54, 1.807) is 0 Å². The molecule has 9 nitrogen and oxygen atoms in total. The summed E-state index contributed by atoms with van der Waals surface area (Å²) in [7, 11) is 1.11. The van der Waals surface area contributed by atoms with Gasteiger partial charge in [-0.2, -0.15) is 0 Å². The van der Waals surface area contributed by atoms with Crippen molar-refractivity contribution < 1.29 is 42.1 Å². The fourth-order valence-electron chi connectivity index (χ4n) is 7.21. The van der Waals surface area contributed by atoms with Gasteiger partial charge in [0.1, 0.15) is 19.8 Å². The van der Waals surface area contributed by atoms with E-state index in [2.05, 4.69) is 148 Å². The van der Waals surface area contributed by atoms with Crippen LogP contribution in [-0.2, 0) is 32.7 Å². The number of quaternary nitrogens is 1. The molecule has 0 rings (SSSR count). The minimum Gasteiger partial charge on any atom is -0.756 e. The summed E-state index contributed by atoms with van der Waals surface area (Å²) < 4.78 is 34.1. The molecule has 0 fully saturated rings. The fourth-order valence-corrected chi connectivity index (χ4v) is 7.93. The van der Waals surface area contributed by atoms with Crippen LogP contribution in [0.5, 0.6) is 0 Å². The highest BCUT2D eigenvalue weighted by molar-refractivity contribution is 7.45. The van der Waals surface area contributed by atoms with Gasteiger partial charge >= 0.3 is 11.9 Å². The molecule has 0 aromatic heterocycles. The quantitative estimate of drug-likeness (QED) is 0.0195. The van der Waals surface area contributed by atoms with E-state index in [0.29, 0.717) is 23.9 Å². The van der Waals surface area contributed by atoms with Crippen LogP contribution in [0.15, 0.2) is 134 Å². The average molecular weight is 1050 g/mol. The molecule has 0 aromatic rings. The molecular formula is C64H106NO8P. The maximum atomic E-state index is 12.8. The van der Waals surface area contributed by atoms with Crippen molar-refractivity contribution in [3.63, 3.8) is 0 Å². The molecule has 0 saturated heterocycles. The van der Waals surface area contributed by atoms with E-state index < -0.39 is 32.5 Å². The monoisotopic (exact) mass is 1050 g/mol. The van der Waals surface area contributed by atoms with E-state index in [-0.39, 0.29) is 26.1 Å². The maximum absolute atomic E-state index is 12.8. The molecule has 0 radical (unpaired) electrons. The van der Waals surface area contributed by atoms with Gasteiger partial charge in [-0.3, -0.25) is 14.2 Å². The van der Waals surface area contributed by atoms with Crippen molar-refractivity contribution >= 4 is 19.8 Å². The van der Waals surface area contributed by atoms with Crippen LogP contribution < -0.4 is 4.89 Å². The predicted octanol–water partition coefficient (Wildman–Crippen LogP) is 17.5. The minimum absolute atomic E-state index is 0.0474. The lowest BCUT2D eigenvalue weighted by Gasteiger charge is -2.28. The van der Waals surface area contributed by atoms with E-state index in [4.69, 9.17) is 18.5 Å². The Morgan fingerprint density at radius 1 is 0.432 bits per heavy atom. The molecule has 0 spiro atoms. The van der Waals surface area contributed by atoms with Crippen LogP contribution in [0.25, 0.3) is 0 Å². The summed E-state index contributed by atoms with van der Waals surface area (Å²) in [6.07, 6.45) is 77.9. The van der Waals surface area contributed by atoms with Crippen molar-refractivity contribution in [1.29, 1.82) is 0 Å². The van der Waals surface area contributed by atoms with Gasteiger partial charge in [0.2, 0.25) is 0 Å². The molecule has 0 aliphatic carbocycles. The van der Waals surface area contributed by atoms with E-state index in [0.717, 1.165) is 103 Å². The Morgan fingerprint density at radius 2 is 0.770 bits per heavy atom. The number of phosphoric ester groups is 1. The Bertz CT molecular complexity index is 1710. The third kappa shape index (κ3) is 57.4. The Hall–Kier alpha value is -3.85. The molecule has 0 aliphatic heterocycles. The van der Waals surface area contributed by atoms with Crippen molar-refractivity contribution in [1.82, 2.24) is 0 Å². The van der Waals surface area contributed by atoms with Gasteiger partial charge in [-0.15, -0.1) is 0 Å². The maximum Gasteiger partial charge on any atom is 0.306 e. The van der Waals surface area contributed by atoms with Crippen LogP contribution in [0, 0.1) is 0 Å². The summed E-state index contributed by atoms with van der Waals surface area (Å²) >= 11 is 0. The number of unbranched alkanes of at least 4 members (excludes halogenated alkanes) is 15. The summed E-state index contributed by atoms with van der Waals surface area (Å²) in [4.78, 5) is 37.8. The van der Waals surface area contributed by atoms with Gasteiger partial charge in [0, 0.05) is 12.8 Å². The van der Waals surface area contributed by atoms with Crippen molar-refractivity contribution in [2.24, 2.45) is 0 Å². The number of hydrogen-bond acceptors (Lipinski definition) is 8. The molecule has 0 saturated carbocycles. The zero-order valence-corrected chi connectivity index (χ0v) is 48.4. The fraction of sp³-hybridized carbons (Fsp3) is 0.625. The summed E-state index contributed by atoms with van der Waals surface area (Å²) in [5.41, 5.74) is 0. The molecule has 0 heterocycles. The molecule has 2 unspecified atom stereocenters. The smallest absolute Gasteiger partial charge is 0.306 e. The highest BCUT2D eigenvalue weighted by Crippen LogP contribution is 2.38. The van der Waals surface area contributed by atoms with Crippen LogP contribution in [0.3, 0.4) is 0 Å². The normalized spacial score (nSPS) is 14.3. The second-order valence-corrected chi connectivity index (χ2v) is 21.3. The Labute approximate surface area is 453 Å². The first-order chi connectivity index (χ1) is 36.0. The zero-order chi connectivity index (χ0) is 54.2. The molecule has 2 atom stereocenters. The molecule has 420 valence electrons. The van der Waals surface area contributed by atoms with Gasteiger partial charge in [0.05, 0.1) is 27.7 Å². The minimum atomic E-state index is -4.66. The van der Waals surface area contributed by atoms with Crippen LogP contribution in [0.1, 0.15) is 206 Å². The van der Waals surface area contributed by atoms with Crippen LogP contribution >= 0.6 is 7.82 Å². The Balaban J connectivity index is 4.31. The van der Waals surface area contributed by atoms with Crippen molar-refractivity contribution in [2.45, 2.75) is 213 Å². The first kappa shape index (κ1) is 70.1. The number of hydrogen-bond donors (Lipinski definition) is 0. The Morgan fingerprint density at radius 3 is 1.19 bits per heavy atom. The number of phosphoric acid groups is 1. The summed E-state index contributed by atoms with van der Waals surface area (Å²) in [6, 6.07) is 0. The number of carbonyl (C=O) groups excluding carboxylic acids is 2. The second kappa shape index (κ2) is 54.0. The third-order valence-corrected chi connectivity index (χ3v) is 12.6. The van der Waals surface area contributed by atoms with Gasteiger partial charge in [0.25, 0.3) is 7.82 Å². The van der Waals surface area contributed by atoms with Crippen LogP contribution in [-0.4, -0.2) is 70.0 Å². The number of likely N-dealkylation sites (N-methyl/N-ethyl adjacent to an activating group) is 1. The van der Waals surface area contributed by atoms with Crippen molar-refractivity contribution in [3.05, 3.63) is 134 Å². The molecule has 0 aromatic carbocycles. The number of carbonyl (C=O) groups is 2. The summed E-state index contributed by atoms with van der Waals surface area (Å²) in [5.74, 6) is -0.899. The number of ether oxygens (including phenoxy) is 2. The van der Waals surface area contributed by atoms with Gasteiger partial charge < -0.3 is 27.9 Å². The summed E-state index contributed by atoms with van der Waals surface area (Å²) in [6.45, 7) is 4.04. The lowest BCUT2D eigenvalue weighted by Crippen LogP contribution is -2.37. The van der Waals surface area contributed by atoms with Gasteiger partial charge in [-0.25, -0.2) is 0 Å². The molecule has 10 heteroatoms. The number of allylic oxidation sites excluding steroid dienone is 22. The highest BCUT2D eigenvalue weighted by Gasteiger charge is 2.21.